The minimum atomic E-state index is -1.33. The SMILES string of the molecule is CC(=O)C(C(=O)c1ccccc1)C(=O)c1nccn1C. The van der Waals surface area contributed by atoms with Gasteiger partial charge in [-0.15, -0.1) is 0 Å². The molecule has 0 saturated heterocycles. The predicted molar refractivity (Wildman–Crippen MR) is 72.5 cm³/mol. The second kappa shape index (κ2) is 5.61. The van der Waals surface area contributed by atoms with Gasteiger partial charge in [0.15, 0.2) is 11.6 Å². The molecule has 1 unspecified atom stereocenters. The third kappa shape index (κ3) is 2.56. The zero-order chi connectivity index (χ0) is 14.7. The smallest absolute Gasteiger partial charge is 0.216 e. The van der Waals surface area contributed by atoms with Crippen LogP contribution in [-0.4, -0.2) is 26.9 Å². The first-order chi connectivity index (χ1) is 9.52. The molecule has 0 aliphatic rings. The fraction of sp³-hybridized carbons (Fsp3) is 0.200. The van der Waals surface area contributed by atoms with Crippen LogP contribution in [0.5, 0.6) is 0 Å². The molecule has 20 heavy (non-hydrogen) atoms. The number of rotatable bonds is 5. The van der Waals surface area contributed by atoms with Gasteiger partial charge < -0.3 is 4.57 Å². The number of benzene rings is 1. The van der Waals surface area contributed by atoms with Crippen LogP contribution in [0.3, 0.4) is 0 Å². The highest BCUT2D eigenvalue weighted by atomic mass is 16.2. The van der Waals surface area contributed by atoms with Gasteiger partial charge in [-0.1, -0.05) is 30.3 Å². The van der Waals surface area contributed by atoms with E-state index in [-0.39, 0.29) is 5.82 Å². The number of carbonyl (C=O) groups excluding carboxylic acids is 3. The lowest BCUT2D eigenvalue weighted by atomic mass is 9.90. The summed E-state index contributed by atoms with van der Waals surface area (Å²) < 4.78 is 1.50. The Balaban J connectivity index is 2.38. The Morgan fingerprint density at radius 2 is 1.75 bits per heavy atom. The Labute approximate surface area is 116 Å². The van der Waals surface area contributed by atoms with Gasteiger partial charge in [0.1, 0.15) is 11.7 Å². The number of carbonyl (C=O) groups is 3. The Kier molecular flexibility index (Phi) is 3.89. The quantitative estimate of drug-likeness (QED) is 0.612. The summed E-state index contributed by atoms with van der Waals surface area (Å²) in [5.41, 5.74) is 0.343. The van der Waals surface area contributed by atoms with Crippen LogP contribution < -0.4 is 0 Å². The monoisotopic (exact) mass is 270 g/mol. The van der Waals surface area contributed by atoms with Crippen molar-refractivity contribution >= 4 is 17.3 Å². The third-order valence-electron chi connectivity index (χ3n) is 3.03. The van der Waals surface area contributed by atoms with Crippen LogP contribution in [-0.2, 0) is 11.8 Å². The summed E-state index contributed by atoms with van der Waals surface area (Å²) in [7, 11) is 1.64. The van der Waals surface area contributed by atoms with Crippen LogP contribution in [0.2, 0.25) is 0 Å². The molecule has 1 aromatic carbocycles. The van der Waals surface area contributed by atoms with Gasteiger partial charge in [0.25, 0.3) is 0 Å². The van der Waals surface area contributed by atoms with Gasteiger partial charge in [-0.05, 0) is 6.92 Å². The molecule has 0 fully saturated rings. The summed E-state index contributed by atoms with van der Waals surface area (Å²) in [6.07, 6.45) is 3.05. The Morgan fingerprint density at radius 3 is 2.25 bits per heavy atom. The molecular weight excluding hydrogens is 256 g/mol. The summed E-state index contributed by atoms with van der Waals surface area (Å²) >= 11 is 0. The second-order valence-electron chi connectivity index (χ2n) is 4.50. The number of Topliss-reactive ketones (excluding diaryl/α,β-unsaturated/α-hetero) is 3. The molecule has 1 atom stereocenters. The molecule has 5 heteroatoms. The molecule has 0 spiro atoms. The normalized spacial score (nSPS) is 11.9. The van der Waals surface area contributed by atoms with Gasteiger partial charge >= 0.3 is 0 Å². The highest BCUT2D eigenvalue weighted by Crippen LogP contribution is 2.15. The zero-order valence-corrected chi connectivity index (χ0v) is 11.2. The van der Waals surface area contributed by atoms with E-state index < -0.39 is 23.3 Å². The van der Waals surface area contributed by atoms with Crippen molar-refractivity contribution in [2.24, 2.45) is 13.0 Å². The van der Waals surface area contributed by atoms with E-state index in [9.17, 15) is 14.4 Å². The standard InChI is InChI=1S/C15H14N2O3/c1-10(18)12(13(19)11-6-4-3-5-7-11)14(20)15-16-8-9-17(15)2/h3-9,12H,1-2H3. The van der Waals surface area contributed by atoms with Gasteiger partial charge in [-0.25, -0.2) is 4.98 Å². The van der Waals surface area contributed by atoms with E-state index >= 15 is 0 Å². The van der Waals surface area contributed by atoms with Crippen molar-refractivity contribution in [3.63, 3.8) is 0 Å². The van der Waals surface area contributed by atoms with Crippen molar-refractivity contribution in [1.82, 2.24) is 9.55 Å². The molecule has 1 heterocycles. The van der Waals surface area contributed by atoms with Gasteiger partial charge in [-0.3, -0.25) is 14.4 Å². The fourth-order valence-corrected chi connectivity index (χ4v) is 1.99. The first-order valence-electron chi connectivity index (χ1n) is 6.13. The average Bonchev–Trinajstić information content (AvgIpc) is 2.85. The Hall–Kier alpha value is -2.56. The van der Waals surface area contributed by atoms with Crippen LogP contribution in [0.4, 0.5) is 0 Å². The van der Waals surface area contributed by atoms with Crippen molar-refractivity contribution in [2.45, 2.75) is 6.92 Å². The number of ketones is 3. The van der Waals surface area contributed by atoms with Crippen LogP contribution >= 0.6 is 0 Å². The van der Waals surface area contributed by atoms with Gasteiger partial charge in [-0.2, -0.15) is 0 Å². The van der Waals surface area contributed by atoms with Crippen LogP contribution in [0.25, 0.3) is 0 Å². The number of aryl methyl sites for hydroxylation is 1. The van der Waals surface area contributed by atoms with Gasteiger partial charge in [0.2, 0.25) is 5.78 Å². The van der Waals surface area contributed by atoms with Crippen molar-refractivity contribution in [3.8, 4) is 0 Å². The first-order valence-corrected chi connectivity index (χ1v) is 6.13. The van der Waals surface area contributed by atoms with Gasteiger partial charge in [0.05, 0.1) is 0 Å². The maximum absolute atomic E-state index is 12.4. The van der Waals surface area contributed by atoms with Crippen LogP contribution in [0.15, 0.2) is 42.7 Å². The summed E-state index contributed by atoms with van der Waals surface area (Å²) in [6, 6.07) is 8.32. The third-order valence-corrected chi connectivity index (χ3v) is 3.03. The minimum Gasteiger partial charge on any atom is -0.332 e. The fourth-order valence-electron chi connectivity index (χ4n) is 1.99. The molecule has 2 aromatic rings. The van der Waals surface area contributed by atoms with E-state index in [4.69, 9.17) is 0 Å². The molecule has 1 aromatic heterocycles. The molecule has 0 amide bonds. The zero-order valence-electron chi connectivity index (χ0n) is 11.2. The molecule has 2 rings (SSSR count). The van der Waals surface area contributed by atoms with Crippen molar-refractivity contribution in [3.05, 3.63) is 54.1 Å². The maximum atomic E-state index is 12.4. The molecule has 0 aliphatic heterocycles. The first kappa shape index (κ1) is 13.9. The van der Waals surface area contributed by atoms with Crippen LogP contribution in [0, 0.1) is 5.92 Å². The number of hydrogen-bond donors (Lipinski definition) is 0. The highest BCUT2D eigenvalue weighted by Gasteiger charge is 2.34. The predicted octanol–water partition coefficient (Wildman–Crippen LogP) is 1.69. The van der Waals surface area contributed by atoms with Crippen molar-refractivity contribution < 1.29 is 14.4 Å². The lowest BCUT2D eigenvalue weighted by Gasteiger charge is -2.11. The lowest BCUT2D eigenvalue weighted by Crippen LogP contribution is -2.32. The largest absolute Gasteiger partial charge is 0.332 e. The van der Waals surface area contributed by atoms with Crippen molar-refractivity contribution in [2.75, 3.05) is 0 Å². The number of hydrogen-bond acceptors (Lipinski definition) is 4. The van der Waals surface area contributed by atoms with E-state index in [0.29, 0.717) is 5.56 Å². The summed E-state index contributed by atoms with van der Waals surface area (Å²) in [5.74, 6) is -2.77. The van der Waals surface area contributed by atoms with Gasteiger partial charge in [0, 0.05) is 25.0 Å². The van der Waals surface area contributed by atoms with E-state index in [2.05, 4.69) is 4.98 Å². The van der Waals surface area contributed by atoms with Crippen LogP contribution in [0.1, 0.15) is 27.9 Å². The maximum Gasteiger partial charge on any atom is 0.216 e. The highest BCUT2D eigenvalue weighted by molar-refractivity contribution is 6.26. The lowest BCUT2D eigenvalue weighted by molar-refractivity contribution is -0.118. The average molecular weight is 270 g/mol. The minimum absolute atomic E-state index is 0.106. The molecule has 0 radical (unpaired) electrons. The Bertz CT molecular complexity index is 659. The number of nitrogens with zero attached hydrogens (tertiary/aromatic N) is 2. The summed E-state index contributed by atoms with van der Waals surface area (Å²) in [4.78, 5) is 40.3. The van der Waals surface area contributed by atoms with E-state index in [1.165, 1.54) is 17.7 Å². The molecule has 0 saturated carbocycles. The molecule has 0 N–H and O–H groups in total. The number of imidazole rings is 1. The summed E-state index contributed by atoms with van der Waals surface area (Å²) in [6.45, 7) is 1.24. The molecular formula is C15H14N2O3. The topological polar surface area (TPSA) is 69.0 Å². The molecule has 5 nitrogen and oxygen atoms in total. The molecule has 0 aliphatic carbocycles. The van der Waals surface area contributed by atoms with E-state index in [1.807, 2.05) is 0 Å². The Morgan fingerprint density at radius 1 is 1.10 bits per heavy atom. The second-order valence-corrected chi connectivity index (χ2v) is 4.50. The molecule has 102 valence electrons. The van der Waals surface area contributed by atoms with E-state index in [0.717, 1.165) is 0 Å². The molecule has 0 bridgehead atoms. The van der Waals surface area contributed by atoms with E-state index in [1.54, 1.807) is 43.6 Å². The summed E-state index contributed by atoms with van der Waals surface area (Å²) in [5, 5.41) is 0. The number of aromatic nitrogens is 2. The van der Waals surface area contributed by atoms with Crippen molar-refractivity contribution in [1.29, 1.82) is 0 Å².